The van der Waals surface area contributed by atoms with Crippen LogP contribution in [0, 0.1) is 5.92 Å². The highest BCUT2D eigenvalue weighted by Crippen LogP contribution is 2.25. The molecule has 0 aliphatic heterocycles. The molecule has 2 N–H and O–H groups in total. The van der Waals surface area contributed by atoms with Gasteiger partial charge < -0.3 is 15.2 Å². The summed E-state index contributed by atoms with van der Waals surface area (Å²) < 4.78 is 5.70. The number of nitrogens with one attached hydrogen (secondary N) is 1. The van der Waals surface area contributed by atoms with Crippen LogP contribution in [0.15, 0.2) is 35.2 Å². The van der Waals surface area contributed by atoms with Crippen molar-refractivity contribution in [3.8, 4) is 5.75 Å². The van der Waals surface area contributed by atoms with Crippen LogP contribution in [0.4, 0.5) is 5.69 Å². The van der Waals surface area contributed by atoms with Gasteiger partial charge in [-0.3, -0.25) is 4.79 Å². The summed E-state index contributed by atoms with van der Waals surface area (Å²) in [5.41, 5.74) is 3.19. The summed E-state index contributed by atoms with van der Waals surface area (Å²) in [7, 11) is 0. The number of hydrogen-bond donors (Lipinski definition) is 2. The van der Waals surface area contributed by atoms with E-state index in [2.05, 4.69) is 10.3 Å². The molecule has 1 atom stereocenters. The molecule has 5 nitrogen and oxygen atoms in total. The number of ether oxygens (including phenoxy) is 1. The zero-order valence-electron chi connectivity index (χ0n) is 12.7. The van der Waals surface area contributed by atoms with E-state index in [0.717, 1.165) is 5.69 Å². The molecule has 0 spiro atoms. The monoisotopic (exact) mass is 320 g/mol. The lowest BCUT2D eigenvalue weighted by Crippen LogP contribution is -2.23. The molecule has 0 fully saturated rings. The molecule has 2 rings (SSSR count). The van der Waals surface area contributed by atoms with Crippen LogP contribution in [0.2, 0.25) is 0 Å². The molecule has 1 heterocycles. The van der Waals surface area contributed by atoms with Crippen molar-refractivity contribution in [3.05, 3.63) is 40.8 Å². The summed E-state index contributed by atoms with van der Waals surface area (Å²) in [6.45, 7) is 4.11. The minimum Gasteiger partial charge on any atom is -0.485 e. The maximum Gasteiger partial charge on any atom is 0.227 e. The van der Waals surface area contributed by atoms with Gasteiger partial charge in [0.2, 0.25) is 5.91 Å². The van der Waals surface area contributed by atoms with E-state index in [4.69, 9.17) is 4.74 Å². The third-order valence-electron chi connectivity index (χ3n) is 3.18. The first-order chi connectivity index (χ1) is 10.6. The Morgan fingerprint density at radius 3 is 2.86 bits per heavy atom. The lowest BCUT2D eigenvalue weighted by atomic mass is 10.0. The Kier molecular flexibility index (Phi) is 5.91. The number of carbonyl (C=O) groups is 1. The van der Waals surface area contributed by atoms with E-state index in [1.165, 1.54) is 11.3 Å². The van der Waals surface area contributed by atoms with Crippen LogP contribution in [0.5, 0.6) is 5.75 Å². The van der Waals surface area contributed by atoms with Gasteiger partial charge in [0.05, 0.1) is 29.4 Å². The summed E-state index contributed by atoms with van der Waals surface area (Å²) in [6.07, 6.45) is -0.582. The number of aliphatic hydroxyl groups excluding tert-OH is 1. The van der Waals surface area contributed by atoms with Gasteiger partial charge in [0.25, 0.3) is 0 Å². The highest BCUT2D eigenvalue weighted by molar-refractivity contribution is 7.07. The van der Waals surface area contributed by atoms with Crippen molar-refractivity contribution < 1.29 is 14.6 Å². The molecular formula is C16H20N2O3S. The molecule has 1 aromatic heterocycles. The molecule has 2 aromatic rings. The zero-order chi connectivity index (χ0) is 15.9. The van der Waals surface area contributed by atoms with Crippen LogP contribution in [-0.2, 0) is 11.4 Å². The van der Waals surface area contributed by atoms with E-state index in [1.54, 1.807) is 17.6 Å². The third kappa shape index (κ3) is 4.82. The van der Waals surface area contributed by atoms with E-state index >= 15 is 0 Å². The fourth-order valence-electron chi connectivity index (χ4n) is 1.78. The molecule has 6 heteroatoms. The van der Waals surface area contributed by atoms with Gasteiger partial charge in [0.15, 0.2) is 0 Å². The lowest BCUT2D eigenvalue weighted by molar-refractivity contribution is -0.118. The molecule has 1 aromatic carbocycles. The molecule has 0 aliphatic carbocycles. The summed E-state index contributed by atoms with van der Waals surface area (Å²) in [6, 6.07) is 7.23. The first-order valence-electron chi connectivity index (χ1n) is 7.13. The average molecular weight is 320 g/mol. The number of amides is 1. The van der Waals surface area contributed by atoms with E-state index in [-0.39, 0.29) is 18.2 Å². The molecule has 0 saturated carbocycles. The molecule has 22 heavy (non-hydrogen) atoms. The first kappa shape index (κ1) is 16.5. The number of carbonyl (C=O) groups excluding carboxylic acids is 1. The van der Waals surface area contributed by atoms with Gasteiger partial charge >= 0.3 is 0 Å². The Balaban J connectivity index is 1.97. The SMILES string of the molecule is CC(C)C(O)CC(=O)Nc1ccccc1OCc1cscn1. The molecule has 0 saturated heterocycles. The van der Waals surface area contributed by atoms with Crippen LogP contribution in [0.25, 0.3) is 0 Å². The van der Waals surface area contributed by atoms with Crippen LogP contribution < -0.4 is 10.1 Å². The second-order valence-electron chi connectivity index (χ2n) is 5.33. The summed E-state index contributed by atoms with van der Waals surface area (Å²) in [5, 5.41) is 14.5. The number of aliphatic hydroxyl groups is 1. The van der Waals surface area contributed by atoms with Gasteiger partial charge in [-0.15, -0.1) is 11.3 Å². The Morgan fingerprint density at radius 2 is 2.18 bits per heavy atom. The molecule has 0 aliphatic rings. The number of nitrogens with zero attached hydrogens (tertiary/aromatic N) is 1. The Morgan fingerprint density at radius 1 is 1.41 bits per heavy atom. The number of aromatic nitrogens is 1. The van der Waals surface area contributed by atoms with Crippen LogP contribution >= 0.6 is 11.3 Å². The normalized spacial score (nSPS) is 12.2. The van der Waals surface area contributed by atoms with Crippen molar-refractivity contribution in [2.75, 3.05) is 5.32 Å². The van der Waals surface area contributed by atoms with Crippen molar-refractivity contribution in [2.24, 2.45) is 5.92 Å². The minimum absolute atomic E-state index is 0.0434. The first-order valence-corrected chi connectivity index (χ1v) is 8.07. The second kappa shape index (κ2) is 7.91. The van der Waals surface area contributed by atoms with Gasteiger partial charge in [-0.2, -0.15) is 0 Å². The van der Waals surface area contributed by atoms with E-state index < -0.39 is 6.10 Å². The lowest BCUT2D eigenvalue weighted by Gasteiger charge is -2.15. The fraction of sp³-hybridized carbons (Fsp3) is 0.375. The molecule has 1 amide bonds. The fourth-order valence-corrected chi connectivity index (χ4v) is 2.33. The number of para-hydroxylation sites is 2. The van der Waals surface area contributed by atoms with Gasteiger partial charge in [-0.25, -0.2) is 4.98 Å². The Hall–Kier alpha value is -1.92. The van der Waals surface area contributed by atoms with E-state index in [0.29, 0.717) is 18.0 Å². The Labute approximate surface area is 134 Å². The van der Waals surface area contributed by atoms with Crippen molar-refractivity contribution in [1.29, 1.82) is 0 Å². The molecule has 0 bridgehead atoms. The quantitative estimate of drug-likeness (QED) is 0.822. The van der Waals surface area contributed by atoms with E-state index in [9.17, 15) is 9.90 Å². The van der Waals surface area contributed by atoms with Crippen LogP contribution in [0.3, 0.4) is 0 Å². The molecule has 0 radical (unpaired) electrons. The highest BCUT2D eigenvalue weighted by atomic mass is 32.1. The van der Waals surface area contributed by atoms with E-state index in [1.807, 2.05) is 31.4 Å². The number of rotatable bonds is 7. The zero-order valence-corrected chi connectivity index (χ0v) is 13.5. The van der Waals surface area contributed by atoms with Crippen molar-refractivity contribution in [1.82, 2.24) is 4.98 Å². The van der Waals surface area contributed by atoms with Gasteiger partial charge in [-0.1, -0.05) is 26.0 Å². The molecule has 1 unspecified atom stereocenters. The average Bonchev–Trinajstić information content (AvgIpc) is 2.99. The number of thiazole rings is 1. The van der Waals surface area contributed by atoms with Crippen molar-refractivity contribution in [3.63, 3.8) is 0 Å². The number of benzene rings is 1. The summed E-state index contributed by atoms with van der Waals surface area (Å²) >= 11 is 1.51. The number of anilines is 1. The third-order valence-corrected chi connectivity index (χ3v) is 3.82. The van der Waals surface area contributed by atoms with Crippen LogP contribution in [-0.4, -0.2) is 22.1 Å². The van der Waals surface area contributed by atoms with Gasteiger partial charge in [0.1, 0.15) is 12.4 Å². The maximum atomic E-state index is 12.0. The van der Waals surface area contributed by atoms with Crippen LogP contribution in [0.1, 0.15) is 26.0 Å². The number of hydrogen-bond acceptors (Lipinski definition) is 5. The van der Waals surface area contributed by atoms with Gasteiger partial charge in [-0.05, 0) is 18.1 Å². The largest absolute Gasteiger partial charge is 0.485 e. The van der Waals surface area contributed by atoms with Crippen molar-refractivity contribution in [2.45, 2.75) is 33.0 Å². The minimum atomic E-state index is -0.650. The second-order valence-corrected chi connectivity index (χ2v) is 6.05. The molecular weight excluding hydrogens is 300 g/mol. The van der Waals surface area contributed by atoms with Gasteiger partial charge in [0, 0.05) is 5.38 Å². The summed E-state index contributed by atoms with van der Waals surface area (Å²) in [4.78, 5) is 16.1. The Bertz CT molecular complexity index is 599. The highest BCUT2D eigenvalue weighted by Gasteiger charge is 2.15. The summed E-state index contributed by atoms with van der Waals surface area (Å²) in [5.74, 6) is 0.399. The standard InChI is InChI=1S/C16H20N2O3S/c1-11(2)14(19)7-16(20)18-13-5-3-4-6-15(13)21-8-12-9-22-10-17-12/h3-6,9-11,14,19H,7-8H2,1-2H3,(H,18,20). The smallest absolute Gasteiger partial charge is 0.227 e. The topological polar surface area (TPSA) is 71.5 Å². The van der Waals surface area contributed by atoms with Crippen molar-refractivity contribution >= 4 is 22.9 Å². The predicted octanol–water partition coefficient (Wildman–Crippen LogP) is 3.07. The predicted molar refractivity (Wildman–Crippen MR) is 87.0 cm³/mol. The maximum absolute atomic E-state index is 12.0. The molecule has 118 valence electrons.